The number of thioether (sulfide) groups is 1. The number of aromatic nitrogens is 3. The third-order valence-electron chi connectivity index (χ3n) is 6.53. The molecule has 1 aliphatic rings. The number of rotatable bonds is 8. The number of ether oxygens (including phenoxy) is 1. The van der Waals surface area contributed by atoms with Crippen molar-refractivity contribution < 1.29 is 9.53 Å². The van der Waals surface area contributed by atoms with E-state index in [2.05, 4.69) is 33.1 Å². The van der Waals surface area contributed by atoms with Crippen molar-refractivity contribution in [2.45, 2.75) is 70.1 Å². The molecule has 3 atom stereocenters. The van der Waals surface area contributed by atoms with Gasteiger partial charge in [0.1, 0.15) is 11.3 Å². The maximum Gasteiger partial charge on any atom is 0.231 e. The summed E-state index contributed by atoms with van der Waals surface area (Å²) in [5.41, 5.74) is 0.0847. The van der Waals surface area contributed by atoms with E-state index in [0.29, 0.717) is 12.0 Å². The van der Waals surface area contributed by atoms with Crippen molar-refractivity contribution >= 4 is 17.7 Å². The van der Waals surface area contributed by atoms with E-state index in [1.807, 2.05) is 38.1 Å². The normalized spacial score (nSPS) is 20.4. The first kappa shape index (κ1) is 24.1. The van der Waals surface area contributed by atoms with E-state index < -0.39 is 5.54 Å². The maximum atomic E-state index is 12.6. The van der Waals surface area contributed by atoms with Gasteiger partial charge in [0.2, 0.25) is 5.91 Å². The Morgan fingerprint density at radius 2 is 2.00 bits per heavy atom. The van der Waals surface area contributed by atoms with E-state index in [1.165, 1.54) is 31.0 Å². The van der Waals surface area contributed by atoms with Gasteiger partial charge in [-0.3, -0.25) is 9.36 Å². The first-order valence-corrected chi connectivity index (χ1v) is 12.2. The van der Waals surface area contributed by atoms with Crippen LogP contribution in [0.4, 0.5) is 0 Å². The predicted octanol–water partition coefficient (Wildman–Crippen LogP) is 4.85. The van der Waals surface area contributed by atoms with Gasteiger partial charge in [0, 0.05) is 11.6 Å². The second kappa shape index (κ2) is 10.4. The van der Waals surface area contributed by atoms with E-state index in [4.69, 9.17) is 4.74 Å². The highest BCUT2D eigenvalue weighted by Gasteiger charge is 2.31. The monoisotopic (exact) mass is 455 g/mol. The molecule has 1 aliphatic carbocycles. The van der Waals surface area contributed by atoms with Gasteiger partial charge in [-0.2, -0.15) is 5.26 Å². The SMILES string of the molecule is COc1ccc(-c2nnc(SCC(=O)N[C@](C)(C#N)C(C)C)n2[C@@H]2CCCC[C@@H]2C)cc1. The summed E-state index contributed by atoms with van der Waals surface area (Å²) in [5, 5.41) is 22.1. The summed E-state index contributed by atoms with van der Waals surface area (Å²) >= 11 is 1.38. The van der Waals surface area contributed by atoms with Gasteiger partial charge >= 0.3 is 0 Å². The van der Waals surface area contributed by atoms with Crippen molar-refractivity contribution in [3.8, 4) is 23.2 Å². The third kappa shape index (κ3) is 5.26. The Morgan fingerprint density at radius 1 is 1.31 bits per heavy atom. The number of methoxy groups -OCH3 is 1. The molecule has 1 N–H and O–H groups in total. The Morgan fingerprint density at radius 3 is 2.59 bits per heavy atom. The van der Waals surface area contributed by atoms with Gasteiger partial charge in [0.15, 0.2) is 11.0 Å². The Bertz CT molecular complexity index is 966. The van der Waals surface area contributed by atoms with Crippen LogP contribution in [0.25, 0.3) is 11.4 Å². The zero-order valence-electron chi connectivity index (χ0n) is 19.6. The Balaban J connectivity index is 1.86. The molecule has 0 spiro atoms. The molecule has 0 bridgehead atoms. The molecule has 0 unspecified atom stereocenters. The summed E-state index contributed by atoms with van der Waals surface area (Å²) in [5.74, 6) is 2.14. The van der Waals surface area contributed by atoms with Crippen LogP contribution in [-0.4, -0.2) is 39.1 Å². The van der Waals surface area contributed by atoms with E-state index in [9.17, 15) is 10.1 Å². The number of amides is 1. The van der Waals surface area contributed by atoms with Crippen LogP contribution in [0.1, 0.15) is 59.4 Å². The lowest BCUT2D eigenvalue weighted by Gasteiger charge is -2.31. The highest BCUT2D eigenvalue weighted by Crippen LogP contribution is 2.39. The van der Waals surface area contributed by atoms with Crippen LogP contribution in [-0.2, 0) is 4.79 Å². The molecule has 1 aromatic carbocycles. The fourth-order valence-electron chi connectivity index (χ4n) is 4.05. The van der Waals surface area contributed by atoms with Crippen molar-refractivity contribution in [2.24, 2.45) is 11.8 Å². The lowest BCUT2D eigenvalue weighted by molar-refractivity contribution is -0.120. The number of hydrogen-bond acceptors (Lipinski definition) is 6. The summed E-state index contributed by atoms with van der Waals surface area (Å²) < 4.78 is 7.51. The zero-order chi connectivity index (χ0) is 23.3. The summed E-state index contributed by atoms with van der Waals surface area (Å²) in [6, 6.07) is 10.4. The van der Waals surface area contributed by atoms with Crippen LogP contribution >= 0.6 is 11.8 Å². The molecule has 7 nitrogen and oxygen atoms in total. The minimum Gasteiger partial charge on any atom is -0.497 e. The van der Waals surface area contributed by atoms with Crippen LogP contribution in [0, 0.1) is 23.2 Å². The number of nitrogens with one attached hydrogen (secondary N) is 1. The maximum absolute atomic E-state index is 12.6. The van der Waals surface area contributed by atoms with Gasteiger partial charge in [-0.05, 0) is 55.9 Å². The van der Waals surface area contributed by atoms with Crippen molar-refractivity contribution in [1.29, 1.82) is 5.26 Å². The molecule has 0 aliphatic heterocycles. The summed E-state index contributed by atoms with van der Waals surface area (Å²) in [4.78, 5) is 12.6. The molecule has 8 heteroatoms. The number of carbonyl (C=O) groups is 1. The minimum atomic E-state index is -0.891. The predicted molar refractivity (Wildman–Crippen MR) is 126 cm³/mol. The molecule has 1 fully saturated rings. The van der Waals surface area contributed by atoms with Crippen LogP contribution in [0.15, 0.2) is 29.4 Å². The van der Waals surface area contributed by atoms with Gasteiger partial charge < -0.3 is 10.1 Å². The first-order chi connectivity index (χ1) is 15.3. The molecule has 172 valence electrons. The minimum absolute atomic E-state index is 0.00914. The smallest absolute Gasteiger partial charge is 0.231 e. The van der Waals surface area contributed by atoms with Crippen molar-refractivity contribution in [3.05, 3.63) is 24.3 Å². The average molecular weight is 456 g/mol. The highest BCUT2D eigenvalue weighted by molar-refractivity contribution is 7.99. The topological polar surface area (TPSA) is 92.8 Å². The Hall–Kier alpha value is -2.53. The molecule has 3 rings (SSSR count). The van der Waals surface area contributed by atoms with Gasteiger partial charge in [-0.25, -0.2) is 0 Å². The molecule has 0 saturated heterocycles. The summed E-state index contributed by atoms with van der Waals surface area (Å²) in [7, 11) is 1.65. The molecule has 1 amide bonds. The van der Waals surface area contributed by atoms with Gasteiger partial charge in [0.05, 0.1) is 18.9 Å². The molecular weight excluding hydrogens is 422 g/mol. The van der Waals surface area contributed by atoms with E-state index in [0.717, 1.165) is 28.7 Å². The van der Waals surface area contributed by atoms with E-state index in [1.54, 1.807) is 14.0 Å². The molecule has 1 heterocycles. The van der Waals surface area contributed by atoms with Gasteiger partial charge in [-0.15, -0.1) is 10.2 Å². The third-order valence-corrected chi connectivity index (χ3v) is 7.47. The molecule has 1 aromatic heterocycles. The van der Waals surface area contributed by atoms with Crippen molar-refractivity contribution in [3.63, 3.8) is 0 Å². The second-order valence-electron chi connectivity index (χ2n) is 9.04. The number of carbonyl (C=O) groups excluding carboxylic acids is 1. The number of nitriles is 1. The molecule has 1 saturated carbocycles. The average Bonchev–Trinajstić information content (AvgIpc) is 3.21. The molecule has 0 radical (unpaired) electrons. The fraction of sp³-hybridized carbons (Fsp3) is 0.583. The first-order valence-electron chi connectivity index (χ1n) is 11.2. The zero-order valence-corrected chi connectivity index (χ0v) is 20.4. The van der Waals surface area contributed by atoms with Gasteiger partial charge in [0.25, 0.3) is 0 Å². The fourth-order valence-corrected chi connectivity index (χ4v) is 4.84. The lowest BCUT2D eigenvalue weighted by atomic mass is 9.85. The van der Waals surface area contributed by atoms with Crippen LogP contribution in [0.2, 0.25) is 0 Å². The Kier molecular flexibility index (Phi) is 7.83. The van der Waals surface area contributed by atoms with Crippen LogP contribution < -0.4 is 10.1 Å². The quantitative estimate of drug-likeness (QED) is 0.572. The summed E-state index contributed by atoms with van der Waals surface area (Å²) in [6.45, 7) is 7.90. The molecular formula is C24H33N5O2S. The molecule has 2 aromatic rings. The van der Waals surface area contributed by atoms with Crippen LogP contribution in [0.3, 0.4) is 0 Å². The summed E-state index contributed by atoms with van der Waals surface area (Å²) in [6.07, 6.45) is 4.66. The standard InChI is InChI=1S/C24H33N5O2S/c1-16(2)24(4,15-25)26-21(30)14-32-23-28-27-22(18-10-12-19(31-5)13-11-18)29(23)20-9-7-6-8-17(20)3/h10-13,16-17,20H,6-9,14H2,1-5H3,(H,26,30)/t17-,20+,24+/m0/s1. The van der Waals surface area contributed by atoms with Crippen LogP contribution in [0.5, 0.6) is 5.75 Å². The second-order valence-corrected chi connectivity index (χ2v) is 9.98. The van der Waals surface area contributed by atoms with Gasteiger partial charge in [-0.1, -0.05) is 45.4 Å². The Labute approximate surface area is 194 Å². The highest BCUT2D eigenvalue weighted by atomic mass is 32.2. The van der Waals surface area contributed by atoms with Crippen molar-refractivity contribution in [2.75, 3.05) is 12.9 Å². The van der Waals surface area contributed by atoms with E-state index >= 15 is 0 Å². The number of hydrogen-bond donors (Lipinski definition) is 1. The number of nitrogens with zero attached hydrogens (tertiary/aromatic N) is 4. The number of benzene rings is 1. The molecule has 32 heavy (non-hydrogen) atoms. The van der Waals surface area contributed by atoms with E-state index in [-0.39, 0.29) is 17.6 Å². The largest absolute Gasteiger partial charge is 0.497 e. The van der Waals surface area contributed by atoms with Crippen molar-refractivity contribution in [1.82, 2.24) is 20.1 Å². The lowest BCUT2D eigenvalue weighted by Crippen LogP contribution is -2.49.